The molecule has 0 spiro atoms. The highest BCUT2D eigenvalue weighted by molar-refractivity contribution is 5.99. The van der Waals surface area contributed by atoms with Crippen molar-refractivity contribution in [3.8, 4) is 17.1 Å². The molecule has 5 N–H and O–H groups in total. The number of aliphatic hydroxyl groups excluding tert-OH is 1. The van der Waals surface area contributed by atoms with Crippen molar-refractivity contribution in [1.82, 2.24) is 50.4 Å². The fraction of sp³-hybridized carbons (Fsp3) is 0.542. The van der Waals surface area contributed by atoms with Gasteiger partial charge in [0, 0.05) is 72.1 Å². The van der Waals surface area contributed by atoms with Gasteiger partial charge < -0.3 is 50.5 Å². The van der Waals surface area contributed by atoms with E-state index in [0.717, 1.165) is 18.5 Å². The number of aliphatic hydroxyl groups is 1. The third kappa shape index (κ3) is 13.6. The first-order valence-electron chi connectivity index (χ1n) is 23.4. The Labute approximate surface area is 403 Å². The Morgan fingerprint density at radius 2 is 1.59 bits per heavy atom. The number of piperazine rings is 1. The summed E-state index contributed by atoms with van der Waals surface area (Å²) in [5.41, 5.74) is 1.18. The van der Waals surface area contributed by atoms with E-state index in [0.29, 0.717) is 85.6 Å². The van der Waals surface area contributed by atoms with E-state index in [9.17, 15) is 29.1 Å². The van der Waals surface area contributed by atoms with Gasteiger partial charge in [-0.2, -0.15) is 5.10 Å². The summed E-state index contributed by atoms with van der Waals surface area (Å²) in [6.07, 6.45) is 6.04. The van der Waals surface area contributed by atoms with Gasteiger partial charge in [-0.1, -0.05) is 39.7 Å². The van der Waals surface area contributed by atoms with Gasteiger partial charge in [-0.05, 0) is 63.3 Å². The van der Waals surface area contributed by atoms with Crippen molar-refractivity contribution in [2.24, 2.45) is 12.5 Å². The van der Waals surface area contributed by atoms with Crippen LogP contribution < -0.4 is 30.9 Å². The summed E-state index contributed by atoms with van der Waals surface area (Å²) in [5.74, 6) is 0.228. The second kappa shape index (κ2) is 22.5. The molecule has 3 aromatic heterocycles. The van der Waals surface area contributed by atoms with E-state index >= 15 is 0 Å². The van der Waals surface area contributed by atoms with Crippen LogP contribution in [0.3, 0.4) is 0 Å². The number of ether oxygens (including phenoxy) is 2. The van der Waals surface area contributed by atoms with Crippen molar-refractivity contribution in [2.45, 2.75) is 110 Å². The summed E-state index contributed by atoms with van der Waals surface area (Å²) < 4.78 is 12.9. The van der Waals surface area contributed by atoms with Crippen molar-refractivity contribution in [2.75, 3.05) is 62.4 Å². The highest BCUT2D eigenvalue weighted by Gasteiger charge is 2.46. The molecule has 5 heterocycles. The third-order valence-corrected chi connectivity index (χ3v) is 11.8. The van der Waals surface area contributed by atoms with Crippen LogP contribution in [-0.4, -0.2) is 145 Å². The summed E-state index contributed by atoms with van der Waals surface area (Å²) >= 11 is 0. The lowest BCUT2D eigenvalue weighted by atomic mass is 9.85. The first-order chi connectivity index (χ1) is 32.7. The Hall–Kier alpha value is -6.90. The van der Waals surface area contributed by atoms with Crippen LogP contribution in [0.25, 0.3) is 11.4 Å². The quantitative estimate of drug-likeness (QED) is 0.0687. The molecule has 2 unspecified atom stereocenters. The number of hydrogen-bond donors (Lipinski definition) is 5. The van der Waals surface area contributed by atoms with Crippen molar-refractivity contribution >= 4 is 58.3 Å². The number of rotatable bonds is 18. The Balaban J connectivity index is 0.934. The summed E-state index contributed by atoms with van der Waals surface area (Å²) in [4.78, 5) is 80.1. The fourth-order valence-corrected chi connectivity index (χ4v) is 8.24. The van der Waals surface area contributed by atoms with E-state index in [-0.39, 0.29) is 36.9 Å². The molecule has 6 rings (SSSR count). The number of nitrogens with zero attached hydrogens (tertiary/aromatic N) is 9. The predicted molar refractivity (Wildman–Crippen MR) is 259 cm³/mol. The molecule has 2 aliphatic heterocycles. The molecule has 2 fully saturated rings. The number of anilines is 5. The molecule has 0 aliphatic carbocycles. The maximum atomic E-state index is 13.8. The number of carbonyl (C=O) groups excluding carboxylic acids is 5. The van der Waals surface area contributed by atoms with E-state index in [1.165, 1.54) is 11.9 Å². The van der Waals surface area contributed by atoms with E-state index in [4.69, 9.17) is 9.47 Å². The molecule has 2 aliphatic rings. The van der Waals surface area contributed by atoms with Gasteiger partial charge in [0.15, 0.2) is 23.1 Å². The maximum Gasteiger partial charge on any atom is 0.329 e. The van der Waals surface area contributed by atoms with Crippen molar-refractivity contribution in [3.05, 3.63) is 54.6 Å². The normalized spacial score (nSPS) is 16.7. The number of esters is 1. The predicted octanol–water partition coefficient (Wildman–Crippen LogP) is 4.35. The van der Waals surface area contributed by atoms with Gasteiger partial charge in [0.1, 0.15) is 29.8 Å². The monoisotopic (exact) mass is 954 g/mol. The van der Waals surface area contributed by atoms with Gasteiger partial charge >= 0.3 is 5.97 Å². The van der Waals surface area contributed by atoms with Crippen LogP contribution in [0.1, 0.15) is 97.0 Å². The molecule has 21 nitrogen and oxygen atoms in total. The summed E-state index contributed by atoms with van der Waals surface area (Å²) in [5, 5.41) is 35.2. The van der Waals surface area contributed by atoms with Crippen molar-refractivity contribution in [1.29, 1.82) is 0 Å². The number of aryl methyl sites for hydroxylation is 1. The minimum Gasteiger partial charge on any atom is -0.494 e. The van der Waals surface area contributed by atoms with Gasteiger partial charge in [0.25, 0.3) is 5.91 Å². The van der Waals surface area contributed by atoms with Gasteiger partial charge in [-0.25, -0.2) is 14.8 Å². The maximum absolute atomic E-state index is 13.8. The van der Waals surface area contributed by atoms with Gasteiger partial charge in [0.2, 0.25) is 17.7 Å². The third-order valence-electron chi connectivity index (χ3n) is 11.8. The van der Waals surface area contributed by atoms with Gasteiger partial charge in [-0.3, -0.25) is 23.9 Å². The Kier molecular flexibility index (Phi) is 16.8. The molecular weight excluding hydrogens is 887 g/mol. The topological polar surface area (TPSA) is 251 Å². The second-order valence-corrected chi connectivity index (χ2v) is 19.4. The van der Waals surface area contributed by atoms with Crippen molar-refractivity contribution < 1.29 is 38.6 Å². The van der Waals surface area contributed by atoms with Crippen LogP contribution in [0.4, 0.5) is 28.7 Å². The number of amides is 4. The molecule has 372 valence electrons. The van der Waals surface area contributed by atoms with Gasteiger partial charge in [-0.15, -0.1) is 10.2 Å². The summed E-state index contributed by atoms with van der Waals surface area (Å²) in [6, 6.07) is 9.10. The highest BCUT2D eigenvalue weighted by Crippen LogP contribution is 2.37. The summed E-state index contributed by atoms with van der Waals surface area (Å²) in [7, 11) is 4.84. The lowest BCUT2D eigenvalue weighted by molar-refractivity contribution is -0.164. The molecule has 0 bridgehead atoms. The number of para-hydroxylation sites is 1. The van der Waals surface area contributed by atoms with E-state index in [1.54, 1.807) is 58.2 Å². The number of likely N-dealkylation sites (tertiary alicyclic amines) is 1. The standard InChI is InChI=1S/C48H67N13O8/c1-47(2,3)42(45(66)61-28-31(62)25-35(61)46(67)69-48(4,5)6)54-38(63)17-12-10-11-13-18-39(64)60-23-21-59(22-24-60)30-19-20-36(50-27-30)53-37-26-34(40(56-55-37)44(65)49-7)52-33-16-14-15-32(41(33)68-9)43-51-29-58(8)57-43/h14-16,19-20,26-27,29,31,35,42,62H,10-13,17-18,21-25,28H2,1-9H3,(H,49,65)(H,54,63)(H2,50,52,53,55)/t31?,35?,42-/m1/s1. The fourth-order valence-electron chi connectivity index (χ4n) is 8.24. The molecule has 3 atom stereocenters. The molecule has 0 saturated carbocycles. The number of benzene rings is 1. The largest absolute Gasteiger partial charge is 0.494 e. The minimum atomic E-state index is -0.927. The molecular formula is C48H67N13O8. The Bertz CT molecular complexity index is 2440. The number of β-amino-alcohol motifs (C(OH)–C–C–N with tert-alkyl or cyclic N) is 1. The zero-order valence-corrected chi connectivity index (χ0v) is 41.2. The van der Waals surface area contributed by atoms with E-state index in [2.05, 4.69) is 51.4 Å². The van der Waals surface area contributed by atoms with Crippen molar-refractivity contribution in [3.63, 3.8) is 0 Å². The number of pyridine rings is 1. The number of carbonyl (C=O) groups is 5. The molecule has 0 radical (unpaired) electrons. The van der Waals surface area contributed by atoms with Crippen LogP contribution in [0, 0.1) is 5.41 Å². The number of unbranched alkanes of at least 4 members (excludes halogenated alkanes) is 3. The van der Waals surface area contributed by atoms with Crippen LogP contribution in [0.2, 0.25) is 0 Å². The number of nitrogens with one attached hydrogen (secondary N) is 4. The first kappa shape index (κ1) is 51.5. The molecule has 4 aromatic rings. The molecule has 4 amide bonds. The Morgan fingerprint density at radius 1 is 0.870 bits per heavy atom. The van der Waals surface area contributed by atoms with Crippen LogP contribution in [0.5, 0.6) is 5.75 Å². The SMILES string of the molecule is CNC(=O)c1nnc(Nc2ccc(N3CCN(C(=O)CCCCCCC(=O)N[C@H](C(=O)N4CC(O)CC4C(=O)OC(C)(C)C)C(C)(C)C)CC3)cn2)cc1Nc1cccc(-c2ncn(C)n2)c1OC. The first-order valence-corrected chi connectivity index (χ1v) is 23.4. The lowest BCUT2D eigenvalue weighted by Gasteiger charge is -2.36. The second-order valence-electron chi connectivity index (χ2n) is 19.4. The molecule has 1 aromatic carbocycles. The molecule has 21 heteroatoms. The van der Waals surface area contributed by atoms with Crippen LogP contribution >= 0.6 is 0 Å². The number of methoxy groups -OCH3 is 1. The Morgan fingerprint density at radius 3 is 2.22 bits per heavy atom. The van der Waals surface area contributed by atoms with E-state index < -0.39 is 47.0 Å². The van der Waals surface area contributed by atoms with E-state index in [1.807, 2.05) is 56.0 Å². The van der Waals surface area contributed by atoms with Crippen LogP contribution in [0.15, 0.2) is 48.9 Å². The average Bonchev–Trinajstić information content (AvgIpc) is 3.93. The lowest BCUT2D eigenvalue weighted by Crippen LogP contribution is -2.57. The smallest absolute Gasteiger partial charge is 0.329 e. The number of aromatic nitrogens is 6. The number of hydrogen-bond acceptors (Lipinski definition) is 16. The average molecular weight is 954 g/mol. The zero-order chi connectivity index (χ0) is 50.0. The summed E-state index contributed by atoms with van der Waals surface area (Å²) in [6.45, 7) is 13.2. The minimum absolute atomic E-state index is 0.0107. The molecule has 69 heavy (non-hydrogen) atoms. The highest BCUT2D eigenvalue weighted by atomic mass is 16.6. The zero-order valence-electron chi connectivity index (χ0n) is 41.2. The molecule has 2 saturated heterocycles. The van der Waals surface area contributed by atoms with Crippen LogP contribution in [-0.2, 0) is 31.0 Å². The van der Waals surface area contributed by atoms with Gasteiger partial charge in [0.05, 0.1) is 42.0 Å².